The molecule has 0 N–H and O–H groups in total. The lowest BCUT2D eigenvalue weighted by Gasteiger charge is -2.09. The molecular weight excluding hydrogens is 166 g/mol. The second-order valence-electron chi connectivity index (χ2n) is 2.97. The molecular formula is C10H19NS. The Balaban J connectivity index is 3.26. The number of unbranched alkanes of at least 4 members (excludes halogenated alkanes) is 2. The Kier molecular flexibility index (Phi) is 8.81. The van der Waals surface area contributed by atoms with Gasteiger partial charge >= 0.3 is 0 Å². The first-order valence-corrected chi connectivity index (χ1v) is 5.88. The van der Waals surface area contributed by atoms with Gasteiger partial charge in [0.2, 0.25) is 0 Å². The van der Waals surface area contributed by atoms with Crippen molar-refractivity contribution in [2.24, 2.45) is 0 Å². The zero-order valence-corrected chi connectivity index (χ0v) is 8.99. The molecule has 0 spiro atoms. The van der Waals surface area contributed by atoms with E-state index in [0.29, 0.717) is 11.7 Å². The van der Waals surface area contributed by atoms with Gasteiger partial charge in [-0.15, -0.1) is 0 Å². The van der Waals surface area contributed by atoms with E-state index in [-0.39, 0.29) is 0 Å². The summed E-state index contributed by atoms with van der Waals surface area (Å²) >= 11 is 1.96. The van der Waals surface area contributed by atoms with E-state index in [9.17, 15) is 0 Å². The van der Waals surface area contributed by atoms with E-state index in [0.717, 1.165) is 6.42 Å². The predicted molar refractivity (Wildman–Crippen MR) is 56.3 cm³/mol. The third kappa shape index (κ3) is 6.54. The van der Waals surface area contributed by atoms with Crippen LogP contribution in [0.25, 0.3) is 0 Å². The molecule has 70 valence electrons. The summed E-state index contributed by atoms with van der Waals surface area (Å²) in [5, 5.41) is 9.08. The van der Waals surface area contributed by atoms with Crippen molar-refractivity contribution in [1.82, 2.24) is 0 Å². The Morgan fingerprint density at radius 1 is 1.33 bits per heavy atom. The van der Waals surface area contributed by atoms with Crippen molar-refractivity contribution in [3.63, 3.8) is 0 Å². The number of rotatable bonds is 7. The van der Waals surface area contributed by atoms with Crippen molar-refractivity contribution < 1.29 is 0 Å². The monoisotopic (exact) mass is 185 g/mol. The number of nitrogens with zero attached hydrogens (tertiary/aromatic N) is 1. The molecule has 0 heterocycles. The molecule has 0 aromatic heterocycles. The quantitative estimate of drug-likeness (QED) is 0.566. The molecule has 2 heteroatoms. The van der Waals surface area contributed by atoms with Crippen LogP contribution in [0.15, 0.2) is 0 Å². The summed E-state index contributed by atoms with van der Waals surface area (Å²) in [4.78, 5) is 0. The molecule has 1 atom stereocenters. The van der Waals surface area contributed by atoms with Gasteiger partial charge < -0.3 is 0 Å². The van der Waals surface area contributed by atoms with Crippen LogP contribution in [0.4, 0.5) is 0 Å². The average Bonchev–Trinajstić information content (AvgIpc) is 2.10. The van der Waals surface area contributed by atoms with Crippen LogP contribution in [0.1, 0.15) is 46.0 Å². The Labute approximate surface area is 80.5 Å². The number of thioether (sulfide) groups is 1. The van der Waals surface area contributed by atoms with Gasteiger partial charge in [0, 0.05) is 11.7 Å². The Morgan fingerprint density at radius 2 is 2.08 bits per heavy atom. The lowest BCUT2D eigenvalue weighted by atomic mass is 10.3. The maximum atomic E-state index is 8.51. The van der Waals surface area contributed by atoms with E-state index in [1.807, 2.05) is 11.8 Å². The summed E-state index contributed by atoms with van der Waals surface area (Å²) in [5.74, 6) is 1.23. The van der Waals surface area contributed by atoms with Crippen molar-refractivity contribution in [2.75, 3.05) is 5.75 Å². The first kappa shape index (κ1) is 11.8. The highest BCUT2D eigenvalue weighted by atomic mass is 32.2. The van der Waals surface area contributed by atoms with E-state index < -0.39 is 0 Å². The van der Waals surface area contributed by atoms with Crippen LogP contribution in [0.3, 0.4) is 0 Å². The fourth-order valence-corrected chi connectivity index (χ4v) is 2.16. The van der Waals surface area contributed by atoms with Crippen LogP contribution in [0.2, 0.25) is 0 Å². The molecule has 12 heavy (non-hydrogen) atoms. The third-order valence-corrected chi connectivity index (χ3v) is 3.37. The molecule has 0 aliphatic carbocycles. The van der Waals surface area contributed by atoms with Crippen LogP contribution in [0.5, 0.6) is 0 Å². The first-order chi connectivity index (χ1) is 5.85. The molecule has 0 amide bonds. The van der Waals surface area contributed by atoms with Gasteiger partial charge in [0.05, 0.1) is 6.07 Å². The van der Waals surface area contributed by atoms with E-state index >= 15 is 0 Å². The lowest BCUT2D eigenvalue weighted by Crippen LogP contribution is -2.00. The second kappa shape index (κ2) is 8.93. The maximum Gasteiger partial charge on any atom is 0.0633 e. The standard InChI is InChI=1S/C10H19NS/c1-3-5-6-9-12-10(4-2)7-8-11/h10H,3-7,9H2,1-2H3. The summed E-state index contributed by atoms with van der Waals surface area (Å²) in [6.45, 7) is 4.38. The van der Waals surface area contributed by atoms with Crippen molar-refractivity contribution in [2.45, 2.75) is 51.2 Å². The number of hydrogen-bond acceptors (Lipinski definition) is 2. The largest absolute Gasteiger partial charge is 0.198 e. The molecule has 1 nitrogen and oxygen atoms in total. The van der Waals surface area contributed by atoms with Gasteiger partial charge in [0.1, 0.15) is 0 Å². The van der Waals surface area contributed by atoms with Crippen LogP contribution in [-0.2, 0) is 0 Å². The topological polar surface area (TPSA) is 23.8 Å². The van der Waals surface area contributed by atoms with Crippen LogP contribution < -0.4 is 0 Å². The van der Waals surface area contributed by atoms with Gasteiger partial charge in [-0.25, -0.2) is 0 Å². The minimum Gasteiger partial charge on any atom is -0.198 e. The highest BCUT2D eigenvalue weighted by Crippen LogP contribution is 2.19. The minimum atomic E-state index is 0.576. The van der Waals surface area contributed by atoms with E-state index in [1.54, 1.807) is 0 Å². The maximum absolute atomic E-state index is 8.51. The molecule has 0 aliphatic rings. The Morgan fingerprint density at radius 3 is 2.58 bits per heavy atom. The Bertz CT molecular complexity index is 128. The van der Waals surface area contributed by atoms with Crippen molar-refractivity contribution in [3.05, 3.63) is 0 Å². The molecule has 0 bridgehead atoms. The fraction of sp³-hybridized carbons (Fsp3) is 0.900. The van der Waals surface area contributed by atoms with Crippen LogP contribution in [0, 0.1) is 11.3 Å². The second-order valence-corrected chi connectivity index (χ2v) is 4.38. The van der Waals surface area contributed by atoms with E-state index in [1.165, 1.54) is 25.0 Å². The average molecular weight is 185 g/mol. The summed E-state index contributed by atoms with van der Waals surface area (Å²) in [5.41, 5.74) is 0. The fourth-order valence-electron chi connectivity index (χ4n) is 1.02. The normalized spacial score (nSPS) is 12.4. The first-order valence-electron chi connectivity index (χ1n) is 4.83. The lowest BCUT2D eigenvalue weighted by molar-refractivity contribution is 0.772. The van der Waals surface area contributed by atoms with Gasteiger partial charge in [-0.3, -0.25) is 0 Å². The zero-order chi connectivity index (χ0) is 9.23. The van der Waals surface area contributed by atoms with Gasteiger partial charge in [0.15, 0.2) is 0 Å². The van der Waals surface area contributed by atoms with Crippen molar-refractivity contribution >= 4 is 11.8 Å². The van der Waals surface area contributed by atoms with Gasteiger partial charge in [-0.1, -0.05) is 26.7 Å². The van der Waals surface area contributed by atoms with Gasteiger partial charge in [-0.2, -0.15) is 17.0 Å². The zero-order valence-electron chi connectivity index (χ0n) is 8.18. The van der Waals surface area contributed by atoms with E-state index in [4.69, 9.17) is 5.26 Å². The molecule has 0 saturated carbocycles. The number of nitriles is 1. The molecule has 0 aromatic rings. The predicted octanol–water partition coefficient (Wildman–Crippen LogP) is 3.60. The van der Waals surface area contributed by atoms with Crippen molar-refractivity contribution in [1.29, 1.82) is 5.26 Å². The SMILES string of the molecule is CCCCCSC(CC)CC#N. The summed E-state index contributed by atoms with van der Waals surface area (Å²) in [6.07, 6.45) is 5.77. The van der Waals surface area contributed by atoms with Crippen molar-refractivity contribution in [3.8, 4) is 6.07 Å². The number of hydrogen-bond donors (Lipinski definition) is 0. The molecule has 0 radical (unpaired) electrons. The van der Waals surface area contributed by atoms with Crippen LogP contribution in [-0.4, -0.2) is 11.0 Å². The molecule has 0 aromatic carbocycles. The molecule has 0 rings (SSSR count). The smallest absolute Gasteiger partial charge is 0.0633 e. The molecule has 0 fully saturated rings. The molecule has 1 unspecified atom stereocenters. The van der Waals surface area contributed by atoms with E-state index in [2.05, 4.69) is 19.9 Å². The Hall–Kier alpha value is -0.160. The summed E-state index contributed by atoms with van der Waals surface area (Å²) in [7, 11) is 0. The van der Waals surface area contributed by atoms with Gasteiger partial charge in [0.25, 0.3) is 0 Å². The molecule has 0 aliphatic heterocycles. The third-order valence-electron chi connectivity index (χ3n) is 1.88. The van der Waals surface area contributed by atoms with Gasteiger partial charge in [-0.05, 0) is 18.6 Å². The highest BCUT2D eigenvalue weighted by Gasteiger charge is 2.04. The highest BCUT2D eigenvalue weighted by molar-refractivity contribution is 7.99. The molecule has 0 saturated heterocycles. The summed E-state index contributed by atoms with van der Waals surface area (Å²) in [6, 6.07) is 2.24. The minimum absolute atomic E-state index is 0.576. The summed E-state index contributed by atoms with van der Waals surface area (Å²) < 4.78 is 0. The van der Waals surface area contributed by atoms with Crippen LogP contribution >= 0.6 is 11.8 Å².